The van der Waals surface area contributed by atoms with Crippen molar-refractivity contribution in [1.82, 2.24) is 15.1 Å². The number of hydrogen-bond acceptors (Lipinski definition) is 5. The Bertz CT molecular complexity index is 927. The van der Waals surface area contributed by atoms with Crippen LogP contribution in [0, 0.1) is 17.8 Å². The van der Waals surface area contributed by atoms with E-state index >= 15 is 0 Å². The van der Waals surface area contributed by atoms with Gasteiger partial charge in [0.05, 0.1) is 25.0 Å². The fraction of sp³-hybridized carbons (Fsp3) is 0.607. The second-order valence-electron chi connectivity index (χ2n) is 10.4. The third kappa shape index (κ3) is 5.45. The summed E-state index contributed by atoms with van der Waals surface area (Å²) in [7, 11) is 1.67. The quantitative estimate of drug-likeness (QED) is 0.430. The zero-order valence-corrected chi connectivity index (χ0v) is 21.2. The van der Waals surface area contributed by atoms with Crippen LogP contribution in [0.2, 0.25) is 0 Å². The molecule has 3 amide bonds. The Labute approximate surface area is 208 Å². The minimum atomic E-state index is -0.778. The third-order valence-corrected chi connectivity index (χ3v) is 7.65. The van der Waals surface area contributed by atoms with E-state index in [1.54, 1.807) is 7.11 Å². The van der Waals surface area contributed by atoms with Crippen LogP contribution in [0.3, 0.4) is 0 Å². The maximum absolute atomic E-state index is 13.6. The molecule has 190 valence electrons. The van der Waals surface area contributed by atoms with E-state index < -0.39 is 6.04 Å². The summed E-state index contributed by atoms with van der Waals surface area (Å²) >= 11 is 0. The van der Waals surface area contributed by atoms with Crippen LogP contribution < -0.4 is 10.1 Å². The molecule has 0 radical (unpaired) electrons. The van der Waals surface area contributed by atoms with Crippen LogP contribution >= 0.6 is 0 Å². The molecule has 1 aromatic carbocycles. The van der Waals surface area contributed by atoms with Gasteiger partial charge < -0.3 is 10.1 Å². The Kier molecular flexibility index (Phi) is 8.26. The van der Waals surface area contributed by atoms with Crippen LogP contribution in [0.4, 0.5) is 0 Å². The standard InChI is InChI=1S/C28H39N3O4/c1-19(2)17-23(31-27(33)20-11-5-6-12-21(20)28(31)34)26(32)29-18-24(30-15-9-4-10-16-30)22-13-7-8-14-25(22)35-3/h5-8,13-14,19-21,23-24H,4,9-12,15-18H2,1-3H3,(H,29,32)/t20-,21-,23+,24+/m1/s1. The number of nitrogens with one attached hydrogen (secondary N) is 1. The molecule has 4 atom stereocenters. The Morgan fingerprint density at radius 1 is 1.03 bits per heavy atom. The van der Waals surface area contributed by atoms with Gasteiger partial charge >= 0.3 is 0 Å². The number of carbonyl (C=O) groups is 3. The number of nitrogens with zero attached hydrogens (tertiary/aromatic N) is 2. The number of rotatable bonds is 9. The first-order valence-electron chi connectivity index (χ1n) is 13.1. The lowest BCUT2D eigenvalue weighted by molar-refractivity contribution is -0.148. The molecule has 0 bridgehead atoms. The van der Waals surface area contributed by atoms with Gasteiger partial charge in [0, 0.05) is 12.1 Å². The highest BCUT2D eigenvalue weighted by Gasteiger charge is 2.51. The van der Waals surface area contributed by atoms with E-state index in [0.717, 1.165) is 37.2 Å². The lowest BCUT2D eigenvalue weighted by atomic mass is 9.85. The molecule has 1 N–H and O–H groups in total. The summed E-state index contributed by atoms with van der Waals surface area (Å²) < 4.78 is 5.64. The Morgan fingerprint density at radius 3 is 2.26 bits per heavy atom. The second kappa shape index (κ2) is 11.4. The number of hydrogen-bond donors (Lipinski definition) is 1. The highest BCUT2D eigenvalue weighted by atomic mass is 16.5. The van der Waals surface area contributed by atoms with Gasteiger partial charge in [-0.1, -0.05) is 50.6 Å². The lowest BCUT2D eigenvalue weighted by Gasteiger charge is -2.36. The highest BCUT2D eigenvalue weighted by Crippen LogP contribution is 2.37. The predicted molar refractivity (Wildman–Crippen MR) is 135 cm³/mol. The van der Waals surface area contributed by atoms with E-state index in [-0.39, 0.29) is 41.5 Å². The molecule has 4 rings (SSSR count). The average Bonchev–Trinajstić information content (AvgIpc) is 3.13. The van der Waals surface area contributed by atoms with E-state index in [1.165, 1.54) is 11.3 Å². The number of imide groups is 1. The van der Waals surface area contributed by atoms with Crippen molar-refractivity contribution in [2.45, 2.75) is 64.5 Å². The van der Waals surface area contributed by atoms with Crippen molar-refractivity contribution in [2.75, 3.05) is 26.7 Å². The molecule has 1 aliphatic carbocycles. The molecule has 0 spiro atoms. The number of methoxy groups -OCH3 is 1. The molecule has 2 heterocycles. The molecular weight excluding hydrogens is 442 g/mol. The molecule has 0 aromatic heterocycles. The van der Waals surface area contributed by atoms with Crippen molar-refractivity contribution in [3.8, 4) is 5.75 Å². The molecule has 3 aliphatic rings. The lowest BCUT2D eigenvalue weighted by Crippen LogP contribution is -2.52. The van der Waals surface area contributed by atoms with Gasteiger partial charge in [-0.2, -0.15) is 0 Å². The second-order valence-corrected chi connectivity index (χ2v) is 10.4. The first-order valence-corrected chi connectivity index (χ1v) is 13.1. The molecule has 2 saturated heterocycles. The summed E-state index contributed by atoms with van der Waals surface area (Å²) in [5.41, 5.74) is 1.04. The largest absolute Gasteiger partial charge is 0.496 e. The molecule has 7 heteroatoms. The summed E-state index contributed by atoms with van der Waals surface area (Å²) in [5.74, 6) is -0.320. The number of piperidine rings is 1. The Balaban J connectivity index is 1.54. The number of fused-ring (bicyclic) bond motifs is 1. The molecule has 0 saturated carbocycles. The predicted octanol–water partition coefficient (Wildman–Crippen LogP) is 3.70. The monoisotopic (exact) mass is 481 g/mol. The smallest absolute Gasteiger partial charge is 0.243 e. The number of ether oxygens (including phenoxy) is 1. The molecule has 0 unspecified atom stereocenters. The molecule has 2 aliphatic heterocycles. The van der Waals surface area contributed by atoms with Crippen molar-refractivity contribution >= 4 is 17.7 Å². The zero-order valence-electron chi connectivity index (χ0n) is 21.2. The van der Waals surface area contributed by atoms with Crippen molar-refractivity contribution in [3.05, 3.63) is 42.0 Å². The van der Waals surface area contributed by atoms with E-state index in [1.807, 2.05) is 44.2 Å². The molecule has 7 nitrogen and oxygen atoms in total. The summed E-state index contributed by atoms with van der Waals surface area (Å²) in [6.45, 7) is 6.37. The first-order chi connectivity index (χ1) is 16.9. The Hall–Kier alpha value is -2.67. The number of para-hydroxylation sites is 1. The van der Waals surface area contributed by atoms with Crippen molar-refractivity contribution in [2.24, 2.45) is 17.8 Å². The fourth-order valence-electron chi connectivity index (χ4n) is 5.83. The van der Waals surface area contributed by atoms with Gasteiger partial charge in [-0.05, 0) is 57.2 Å². The van der Waals surface area contributed by atoms with Crippen molar-refractivity contribution in [3.63, 3.8) is 0 Å². The number of amides is 3. The number of likely N-dealkylation sites (tertiary alicyclic amines) is 2. The van der Waals surface area contributed by atoms with Crippen LogP contribution in [0.15, 0.2) is 36.4 Å². The maximum atomic E-state index is 13.6. The minimum absolute atomic E-state index is 0.0353. The summed E-state index contributed by atoms with van der Waals surface area (Å²) in [4.78, 5) is 43.8. The first kappa shape index (κ1) is 25.4. The molecular formula is C28H39N3O4. The van der Waals surface area contributed by atoms with E-state index in [2.05, 4.69) is 16.3 Å². The number of carbonyl (C=O) groups excluding carboxylic acids is 3. The van der Waals surface area contributed by atoms with Crippen molar-refractivity contribution < 1.29 is 19.1 Å². The number of allylic oxidation sites excluding steroid dienone is 2. The summed E-state index contributed by atoms with van der Waals surface area (Å²) in [5, 5.41) is 3.14. The van der Waals surface area contributed by atoms with Crippen LogP contribution in [-0.2, 0) is 14.4 Å². The van der Waals surface area contributed by atoms with Gasteiger partial charge in [0.1, 0.15) is 11.8 Å². The van der Waals surface area contributed by atoms with Crippen LogP contribution in [0.1, 0.15) is 64.0 Å². The van der Waals surface area contributed by atoms with Gasteiger partial charge in [-0.25, -0.2) is 0 Å². The van der Waals surface area contributed by atoms with Gasteiger partial charge in [0.25, 0.3) is 0 Å². The zero-order chi connectivity index (χ0) is 24.9. The van der Waals surface area contributed by atoms with E-state index in [0.29, 0.717) is 25.8 Å². The molecule has 35 heavy (non-hydrogen) atoms. The Morgan fingerprint density at radius 2 is 1.66 bits per heavy atom. The topological polar surface area (TPSA) is 79.0 Å². The highest BCUT2D eigenvalue weighted by molar-refractivity contribution is 6.08. The van der Waals surface area contributed by atoms with Crippen molar-refractivity contribution in [1.29, 1.82) is 0 Å². The van der Waals surface area contributed by atoms with Crippen LogP contribution in [0.25, 0.3) is 0 Å². The van der Waals surface area contributed by atoms with Gasteiger partial charge in [-0.15, -0.1) is 0 Å². The van der Waals surface area contributed by atoms with Gasteiger partial charge in [0.2, 0.25) is 17.7 Å². The van der Waals surface area contributed by atoms with Crippen LogP contribution in [0.5, 0.6) is 5.75 Å². The molecule has 2 fully saturated rings. The maximum Gasteiger partial charge on any atom is 0.243 e. The normalized spacial score (nSPS) is 24.4. The van der Waals surface area contributed by atoms with E-state index in [9.17, 15) is 14.4 Å². The minimum Gasteiger partial charge on any atom is -0.496 e. The van der Waals surface area contributed by atoms with E-state index in [4.69, 9.17) is 4.74 Å². The van der Waals surface area contributed by atoms with Gasteiger partial charge in [0.15, 0.2) is 0 Å². The van der Waals surface area contributed by atoms with Crippen LogP contribution in [-0.4, -0.2) is 60.3 Å². The molecule has 1 aromatic rings. The number of benzene rings is 1. The average molecular weight is 482 g/mol. The fourth-order valence-corrected chi connectivity index (χ4v) is 5.83. The summed E-state index contributed by atoms with van der Waals surface area (Å²) in [6.07, 6.45) is 9.03. The SMILES string of the molecule is COc1ccccc1[C@H](CNC(=O)[C@H](CC(C)C)N1C(=O)[C@@H]2CC=CC[C@H]2C1=O)N1CCCCC1. The third-order valence-electron chi connectivity index (χ3n) is 7.65. The summed E-state index contributed by atoms with van der Waals surface area (Å²) in [6, 6.07) is 7.14. The van der Waals surface area contributed by atoms with Gasteiger partial charge in [-0.3, -0.25) is 24.2 Å².